The molecule has 0 aliphatic heterocycles. The minimum absolute atomic E-state index is 0.0937. The molecule has 0 saturated heterocycles. The highest BCUT2D eigenvalue weighted by molar-refractivity contribution is 5.87. The van der Waals surface area contributed by atoms with Gasteiger partial charge >= 0.3 is 0 Å². The van der Waals surface area contributed by atoms with E-state index in [1.807, 2.05) is 56.3 Å². The lowest BCUT2D eigenvalue weighted by molar-refractivity contribution is -0.140. The molecule has 7 nitrogen and oxygen atoms in total. The van der Waals surface area contributed by atoms with E-state index in [0.717, 1.165) is 16.9 Å². The molecule has 0 fully saturated rings. The molecule has 0 aliphatic rings. The van der Waals surface area contributed by atoms with Crippen molar-refractivity contribution in [3.8, 4) is 17.2 Å². The van der Waals surface area contributed by atoms with Crippen LogP contribution in [0.4, 0.5) is 0 Å². The third-order valence-corrected chi connectivity index (χ3v) is 5.16. The second-order valence-electron chi connectivity index (χ2n) is 7.31. The van der Waals surface area contributed by atoms with Gasteiger partial charge in [-0.25, -0.2) is 0 Å². The van der Waals surface area contributed by atoms with E-state index < -0.39 is 6.04 Å². The van der Waals surface area contributed by atoms with Crippen molar-refractivity contribution in [3.63, 3.8) is 0 Å². The molecule has 0 aromatic heterocycles. The molecule has 32 heavy (non-hydrogen) atoms. The van der Waals surface area contributed by atoms with E-state index in [0.29, 0.717) is 37.7 Å². The summed E-state index contributed by atoms with van der Waals surface area (Å²) in [6.07, 6.45) is 0.807. The molecule has 2 aromatic carbocycles. The number of carbonyl (C=O) groups excluding carboxylic acids is 2. The van der Waals surface area contributed by atoms with Gasteiger partial charge in [0.05, 0.1) is 20.3 Å². The zero-order valence-corrected chi connectivity index (χ0v) is 19.6. The van der Waals surface area contributed by atoms with E-state index in [9.17, 15) is 9.59 Å². The van der Waals surface area contributed by atoms with E-state index in [4.69, 9.17) is 14.2 Å². The number of methoxy groups -OCH3 is 1. The first-order valence-corrected chi connectivity index (χ1v) is 11.0. The molecule has 1 N–H and O–H groups in total. The predicted octanol–water partition coefficient (Wildman–Crippen LogP) is 3.59. The molecule has 0 spiro atoms. The Kier molecular flexibility index (Phi) is 9.85. The molecule has 0 unspecified atom stereocenters. The standard InChI is InChI=1S/C25H34N2O5/c1-6-31-22-14-10-19(16-23(22)32-7-2)11-15-24(28)27(18(3)25(29)26-4)17-20-8-12-21(30-5)13-9-20/h8-10,12-14,16,18H,6-7,11,15,17H2,1-5H3,(H,26,29)/t18-/m0/s1. The Morgan fingerprint density at radius 2 is 1.59 bits per heavy atom. The molecule has 0 aliphatic carbocycles. The van der Waals surface area contributed by atoms with Crippen LogP contribution in [0.3, 0.4) is 0 Å². The van der Waals surface area contributed by atoms with Crippen LogP contribution >= 0.6 is 0 Å². The van der Waals surface area contributed by atoms with E-state index in [2.05, 4.69) is 5.32 Å². The Balaban J connectivity index is 2.14. The predicted molar refractivity (Wildman–Crippen MR) is 124 cm³/mol. The van der Waals surface area contributed by atoms with Gasteiger partial charge in [-0.2, -0.15) is 0 Å². The fourth-order valence-electron chi connectivity index (χ4n) is 3.37. The van der Waals surface area contributed by atoms with Crippen LogP contribution < -0.4 is 19.5 Å². The molecule has 0 heterocycles. The van der Waals surface area contributed by atoms with Crippen LogP contribution in [0.1, 0.15) is 38.3 Å². The second-order valence-corrected chi connectivity index (χ2v) is 7.31. The van der Waals surface area contributed by atoms with Gasteiger partial charge in [-0.3, -0.25) is 9.59 Å². The summed E-state index contributed by atoms with van der Waals surface area (Å²) >= 11 is 0. The topological polar surface area (TPSA) is 77.1 Å². The summed E-state index contributed by atoms with van der Waals surface area (Å²) in [5.74, 6) is 1.81. The average molecular weight is 443 g/mol. The van der Waals surface area contributed by atoms with Gasteiger partial charge in [0.15, 0.2) is 11.5 Å². The highest BCUT2D eigenvalue weighted by atomic mass is 16.5. The van der Waals surface area contributed by atoms with Crippen LogP contribution in [0.25, 0.3) is 0 Å². The smallest absolute Gasteiger partial charge is 0.242 e. The highest BCUT2D eigenvalue weighted by Gasteiger charge is 2.25. The zero-order valence-electron chi connectivity index (χ0n) is 19.6. The molecule has 2 amide bonds. The summed E-state index contributed by atoms with van der Waals surface area (Å²) in [6.45, 7) is 7.00. The maximum atomic E-state index is 13.2. The molecular weight excluding hydrogens is 408 g/mol. The molecule has 0 saturated carbocycles. The third-order valence-electron chi connectivity index (χ3n) is 5.16. The lowest BCUT2D eigenvalue weighted by Crippen LogP contribution is -2.46. The normalized spacial score (nSPS) is 11.4. The maximum Gasteiger partial charge on any atom is 0.242 e. The third kappa shape index (κ3) is 6.90. The van der Waals surface area contributed by atoms with Crippen molar-refractivity contribution in [1.82, 2.24) is 10.2 Å². The Bertz CT molecular complexity index is 882. The summed E-state index contributed by atoms with van der Waals surface area (Å²) in [5.41, 5.74) is 1.90. The number of hydrogen-bond acceptors (Lipinski definition) is 5. The monoisotopic (exact) mass is 442 g/mol. The van der Waals surface area contributed by atoms with Gasteiger partial charge in [0.2, 0.25) is 11.8 Å². The lowest BCUT2D eigenvalue weighted by atomic mass is 10.1. The maximum absolute atomic E-state index is 13.2. The number of hydrogen-bond donors (Lipinski definition) is 1. The number of ether oxygens (including phenoxy) is 3. The first-order valence-electron chi connectivity index (χ1n) is 11.0. The molecule has 7 heteroatoms. The van der Waals surface area contributed by atoms with E-state index in [1.54, 1.807) is 26.0 Å². The van der Waals surface area contributed by atoms with Gasteiger partial charge in [-0.05, 0) is 62.6 Å². The summed E-state index contributed by atoms with van der Waals surface area (Å²) in [7, 11) is 3.18. The van der Waals surface area contributed by atoms with Crippen molar-refractivity contribution in [1.29, 1.82) is 0 Å². The zero-order chi connectivity index (χ0) is 23.5. The van der Waals surface area contributed by atoms with Gasteiger partial charge in [-0.15, -0.1) is 0 Å². The Labute approximate surface area is 190 Å². The average Bonchev–Trinajstić information content (AvgIpc) is 2.82. The largest absolute Gasteiger partial charge is 0.497 e. The van der Waals surface area contributed by atoms with Crippen LogP contribution in [0.15, 0.2) is 42.5 Å². The number of aryl methyl sites for hydroxylation is 1. The van der Waals surface area contributed by atoms with Crippen LogP contribution in [-0.4, -0.2) is 50.1 Å². The lowest BCUT2D eigenvalue weighted by Gasteiger charge is -2.28. The molecule has 174 valence electrons. The molecule has 0 radical (unpaired) electrons. The summed E-state index contributed by atoms with van der Waals surface area (Å²) in [4.78, 5) is 27.0. The number of rotatable bonds is 12. The van der Waals surface area contributed by atoms with Crippen LogP contribution in [0.2, 0.25) is 0 Å². The van der Waals surface area contributed by atoms with Crippen molar-refractivity contribution in [3.05, 3.63) is 53.6 Å². The van der Waals surface area contributed by atoms with Crippen molar-refractivity contribution in [2.75, 3.05) is 27.4 Å². The van der Waals surface area contributed by atoms with Crippen molar-refractivity contribution >= 4 is 11.8 Å². The molecule has 0 bridgehead atoms. The highest BCUT2D eigenvalue weighted by Crippen LogP contribution is 2.29. The summed E-state index contributed by atoms with van der Waals surface area (Å²) < 4.78 is 16.5. The molecular formula is C25H34N2O5. The van der Waals surface area contributed by atoms with Gasteiger partial charge in [0.25, 0.3) is 0 Å². The molecule has 1 atom stereocenters. The minimum atomic E-state index is -0.589. The fraction of sp³-hybridized carbons (Fsp3) is 0.440. The van der Waals surface area contributed by atoms with Crippen molar-refractivity contribution in [2.45, 2.75) is 46.2 Å². The minimum Gasteiger partial charge on any atom is -0.497 e. The first-order chi connectivity index (χ1) is 15.4. The Morgan fingerprint density at radius 1 is 0.969 bits per heavy atom. The molecule has 2 aromatic rings. The van der Waals surface area contributed by atoms with Gasteiger partial charge in [-0.1, -0.05) is 18.2 Å². The number of carbonyl (C=O) groups is 2. The quantitative estimate of drug-likeness (QED) is 0.544. The molecule has 2 rings (SSSR count). The van der Waals surface area contributed by atoms with E-state index in [1.165, 1.54) is 0 Å². The SMILES string of the molecule is CCOc1ccc(CCC(=O)N(Cc2ccc(OC)cc2)[C@@H](C)C(=O)NC)cc1OCC. The first kappa shape index (κ1) is 25.0. The van der Waals surface area contributed by atoms with Crippen LogP contribution in [-0.2, 0) is 22.6 Å². The van der Waals surface area contributed by atoms with Crippen molar-refractivity contribution < 1.29 is 23.8 Å². The van der Waals surface area contributed by atoms with Crippen LogP contribution in [0.5, 0.6) is 17.2 Å². The number of likely N-dealkylation sites (N-methyl/N-ethyl adjacent to an activating group) is 1. The Morgan fingerprint density at radius 3 is 2.19 bits per heavy atom. The Hall–Kier alpha value is -3.22. The second kappa shape index (κ2) is 12.6. The van der Waals surface area contributed by atoms with E-state index in [-0.39, 0.29) is 18.2 Å². The number of nitrogens with one attached hydrogen (secondary N) is 1. The summed E-state index contributed by atoms with van der Waals surface area (Å²) in [6, 6.07) is 12.6. The van der Waals surface area contributed by atoms with Gasteiger partial charge in [0.1, 0.15) is 11.8 Å². The number of nitrogens with zero attached hydrogens (tertiary/aromatic N) is 1. The van der Waals surface area contributed by atoms with Gasteiger partial charge in [0, 0.05) is 20.0 Å². The van der Waals surface area contributed by atoms with Gasteiger partial charge < -0.3 is 24.4 Å². The van der Waals surface area contributed by atoms with Crippen molar-refractivity contribution in [2.24, 2.45) is 0 Å². The summed E-state index contributed by atoms with van der Waals surface area (Å²) in [5, 5.41) is 2.63. The number of benzene rings is 2. The van der Waals surface area contributed by atoms with E-state index >= 15 is 0 Å². The number of amides is 2. The van der Waals surface area contributed by atoms with Crippen LogP contribution in [0, 0.1) is 0 Å². The fourth-order valence-corrected chi connectivity index (χ4v) is 3.37.